The highest BCUT2D eigenvalue weighted by atomic mass is 16.7. The SMILES string of the molecule is CN(C(=O)OC(C)(C)C)[C@@H]1[C@@H](O)[C@@H](O[C@@H]2[C@@H](O)[C@H](O[C@H]3OC(CN)=CC[C@H]3NC(=O)OC(C)(C)C)[C@@H](NC(=O)OC(C)(C)C)C[C@H]2NC(=O)C2(O)CC(NC(=O)OC(C)(C)C)C2)OC[C@]1(C)O. The molecular weight excluding hydrogens is 885 g/mol. The van der Waals surface area contributed by atoms with Gasteiger partial charge in [0.25, 0.3) is 5.91 Å². The quantitative estimate of drug-likeness (QED) is 0.133. The molecule has 0 aromatic heterocycles. The molecular formula is C44H76N6O17. The summed E-state index contributed by atoms with van der Waals surface area (Å²) in [5.41, 5.74) is -1.56. The highest BCUT2D eigenvalue weighted by Crippen LogP contribution is 2.37. The van der Waals surface area contributed by atoms with Crippen molar-refractivity contribution in [2.45, 2.75) is 217 Å². The van der Waals surface area contributed by atoms with Crippen molar-refractivity contribution >= 4 is 30.3 Å². The topological polar surface area (TPSA) is 317 Å². The van der Waals surface area contributed by atoms with E-state index in [9.17, 15) is 44.4 Å². The summed E-state index contributed by atoms with van der Waals surface area (Å²) in [6.07, 6.45) is -12.3. The van der Waals surface area contributed by atoms with Crippen molar-refractivity contribution in [2.24, 2.45) is 5.73 Å². The van der Waals surface area contributed by atoms with Gasteiger partial charge in [-0.3, -0.25) is 4.79 Å². The second kappa shape index (κ2) is 20.8. The molecule has 384 valence electrons. The van der Waals surface area contributed by atoms with Gasteiger partial charge in [-0.25, -0.2) is 19.2 Å². The Morgan fingerprint density at radius 3 is 1.67 bits per heavy atom. The largest absolute Gasteiger partial charge is 0.466 e. The molecule has 2 aliphatic heterocycles. The molecule has 2 aliphatic carbocycles. The van der Waals surface area contributed by atoms with Crippen LogP contribution in [0.3, 0.4) is 0 Å². The lowest BCUT2D eigenvalue weighted by atomic mass is 9.74. The summed E-state index contributed by atoms with van der Waals surface area (Å²) in [6.45, 7) is 20.7. The molecule has 0 spiro atoms. The fourth-order valence-electron chi connectivity index (χ4n) is 8.08. The average molecular weight is 961 g/mol. The number of nitrogens with two attached hydrogens (primary N) is 1. The van der Waals surface area contributed by atoms with Crippen LogP contribution in [0, 0.1) is 0 Å². The van der Waals surface area contributed by atoms with Crippen LogP contribution in [-0.2, 0) is 42.7 Å². The van der Waals surface area contributed by atoms with Crippen LogP contribution >= 0.6 is 0 Å². The number of alkyl carbamates (subject to hydrolysis) is 3. The third-order valence-corrected chi connectivity index (χ3v) is 10.9. The van der Waals surface area contributed by atoms with E-state index in [1.807, 2.05) is 0 Å². The summed E-state index contributed by atoms with van der Waals surface area (Å²) in [7, 11) is 1.31. The van der Waals surface area contributed by atoms with Gasteiger partial charge in [0.15, 0.2) is 6.29 Å². The Balaban J connectivity index is 1.74. The van der Waals surface area contributed by atoms with Gasteiger partial charge < -0.3 is 90.2 Å². The van der Waals surface area contributed by atoms with Crippen LogP contribution in [0.2, 0.25) is 0 Å². The molecule has 0 unspecified atom stereocenters. The fraction of sp³-hybridized carbons (Fsp3) is 0.841. The fourth-order valence-corrected chi connectivity index (χ4v) is 8.08. The first-order valence-electron chi connectivity index (χ1n) is 22.5. The highest BCUT2D eigenvalue weighted by molar-refractivity contribution is 5.87. The maximum atomic E-state index is 14.1. The second-order valence-corrected chi connectivity index (χ2v) is 22.0. The zero-order valence-corrected chi connectivity index (χ0v) is 41.3. The molecule has 4 aliphatic rings. The Hall–Kier alpha value is -4.23. The third kappa shape index (κ3) is 15.6. The van der Waals surface area contributed by atoms with Crippen LogP contribution in [0.15, 0.2) is 11.8 Å². The number of carbonyl (C=O) groups excluding carboxylic acids is 5. The normalized spacial score (nSPS) is 33.6. The second-order valence-electron chi connectivity index (χ2n) is 22.0. The van der Waals surface area contributed by atoms with E-state index in [1.54, 1.807) is 89.2 Å². The lowest BCUT2D eigenvalue weighted by Crippen LogP contribution is -2.72. The van der Waals surface area contributed by atoms with Gasteiger partial charge in [0, 0.05) is 25.9 Å². The summed E-state index contributed by atoms with van der Waals surface area (Å²) in [6, 6.07) is -5.56. The molecule has 23 nitrogen and oxygen atoms in total. The summed E-state index contributed by atoms with van der Waals surface area (Å²) >= 11 is 0. The average Bonchev–Trinajstić information content (AvgIpc) is 3.12. The maximum absolute atomic E-state index is 14.1. The van der Waals surface area contributed by atoms with Gasteiger partial charge in [-0.1, -0.05) is 0 Å². The van der Waals surface area contributed by atoms with Gasteiger partial charge in [0.1, 0.15) is 63.8 Å². The van der Waals surface area contributed by atoms with Gasteiger partial charge >= 0.3 is 24.4 Å². The number of hydrogen-bond donors (Lipinski definition) is 9. The van der Waals surface area contributed by atoms with Crippen molar-refractivity contribution in [3.8, 4) is 0 Å². The van der Waals surface area contributed by atoms with Crippen molar-refractivity contribution in [1.29, 1.82) is 0 Å². The predicted molar refractivity (Wildman–Crippen MR) is 237 cm³/mol. The van der Waals surface area contributed by atoms with E-state index in [0.717, 1.165) is 4.90 Å². The summed E-state index contributed by atoms with van der Waals surface area (Å²) in [5, 5.41) is 58.1. The summed E-state index contributed by atoms with van der Waals surface area (Å²) < 4.78 is 46.7. The Bertz CT molecular complexity index is 1800. The number of aliphatic hydroxyl groups excluding tert-OH is 2. The van der Waals surface area contributed by atoms with E-state index in [4.69, 9.17) is 43.6 Å². The molecule has 5 amide bonds. The van der Waals surface area contributed by atoms with Crippen LogP contribution in [0.25, 0.3) is 0 Å². The molecule has 4 rings (SSSR count). The minimum atomic E-state index is -2.03. The summed E-state index contributed by atoms with van der Waals surface area (Å²) in [5.74, 6) is -0.646. The Labute approximate surface area is 392 Å². The Morgan fingerprint density at radius 2 is 1.18 bits per heavy atom. The molecule has 0 bridgehead atoms. The molecule has 0 radical (unpaired) electrons. The minimum Gasteiger partial charge on any atom is -0.466 e. The minimum absolute atomic E-state index is 0.0671. The number of hydrogen-bond acceptors (Lipinski definition) is 18. The Kier molecular flexibility index (Phi) is 17.2. The molecule has 67 heavy (non-hydrogen) atoms. The van der Waals surface area contributed by atoms with Crippen LogP contribution in [-0.4, -0.2) is 177 Å². The maximum Gasteiger partial charge on any atom is 0.410 e. The number of aliphatic hydroxyl groups is 4. The third-order valence-electron chi connectivity index (χ3n) is 10.9. The molecule has 0 aromatic carbocycles. The number of nitrogens with one attached hydrogen (secondary N) is 4. The van der Waals surface area contributed by atoms with E-state index in [1.165, 1.54) is 14.0 Å². The monoisotopic (exact) mass is 961 g/mol. The molecule has 23 heteroatoms. The molecule has 10 N–H and O–H groups in total. The Morgan fingerprint density at radius 1 is 0.716 bits per heavy atom. The molecule has 3 fully saturated rings. The van der Waals surface area contributed by atoms with Crippen molar-refractivity contribution in [3.63, 3.8) is 0 Å². The van der Waals surface area contributed by atoms with E-state index in [0.29, 0.717) is 0 Å². The van der Waals surface area contributed by atoms with Crippen molar-refractivity contribution in [2.75, 3.05) is 20.2 Å². The molecule has 0 aromatic rings. The first kappa shape index (κ1) is 55.4. The van der Waals surface area contributed by atoms with E-state index >= 15 is 0 Å². The van der Waals surface area contributed by atoms with E-state index < -0.39 is 138 Å². The molecule has 11 atom stereocenters. The number of amides is 5. The highest BCUT2D eigenvalue weighted by Gasteiger charge is 2.57. The van der Waals surface area contributed by atoms with Gasteiger partial charge in [0.05, 0.1) is 37.3 Å². The van der Waals surface area contributed by atoms with E-state index in [2.05, 4.69) is 21.3 Å². The number of carbonyl (C=O) groups is 5. The first-order valence-corrected chi connectivity index (χ1v) is 22.5. The number of likely N-dealkylation sites (N-methyl/N-ethyl adjacent to an activating group) is 1. The lowest BCUT2D eigenvalue weighted by molar-refractivity contribution is -0.311. The summed E-state index contributed by atoms with van der Waals surface area (Å²) in [4.78, 5) is 67.3. The standard InChI is InChI=1S/C44H76N6O17/c1-39(2,3)64-35(54)46-22-18-44(59,19-22)34(53)47-25-17-26(49-37(56)66-41(7,8)9)30(62-32-24(16-15-23(20-45)61-32)48-36(55)65-40(4,5)6)27(51)29(25)63-33-28(52)31(43(13,58)21-60-33)50(14)38(57)67-42(10,11)12/h15,22,24-33,51-52,58-59H,16-21,45H2,1-14H3,(H,46,54)(H,47,53)(H,48,55)(H,49,56)/t22?,24-,25-,26+,27-,28-,29+,30-,31-,32-,33-,43+,44?/m1/s1. The zero-order valence-electron chi connectivity index (χ0n) is 41.3. The van der Waals surface area contributed by atoms with Crippen molar-refractivity contribution in [1.82, 2.24) is 26.2 Å². The first-order chi connectivity index (χ1) is 30.5. The molecule has 2 heterocycles. The van der Waals surface area contributed by atoms with Crippen LogP contribution < -0.4 is 27.0 Å². The lowest BCUT2D eigenvalue weighted by Gasteiger charge is -2.51. The smallest absolute Gasteiger partial charge is 0.410 e. The van der Waals surface area contributed by atoms with Crippen molar-refractivity contribution < 1.29 is 82.3 Å². The zero-order chi connectivity index (χ0) is 50.8. The number of ether oxygens (including phenoxy) is 8. The van der Waals surface area contributed by atoms with Crippen LogP contribution in [0.1, 0.15) is 116 Å². The van der Waals surface area contributed by atoms with Gasteiger partial charge in [-0.05, 0) is 109 Å². The number of nitrogens with zero attached hydrogens (tertiary/aromatic N) is 1. The van der Waals surface area contributed by atoms with Gasteiger partial charge in [0.2, 0.25) is 6.29 Å². The van der Waals surface area contributed by atoms with Crippen LogP contribution in [0.5, 0.6) is 0 Å². The van der Waals surface area contributed by atoms with Crippen LogP contribution in [0.4, 0.5) is 19.2 Å². The number of rotatable bonds is 11. The molecule has 1 saturated heterocycles. The van der Waals surface area contributed by atoms with Gasteiger partial charge in [-0.15, -0.1) is 0 Å². The van der Waals surface area contributed by atoms with E-state index in [-0.39, 0.29) is 38.0 Å². The van der Waals surface area contributed by atoms with Gasteiger partial charge in [-0.2, -0.15) is 0 Å². The van der Waals surface area contributed by atoms with Crippen molar-refractivity contribution in [3.05, 3.63) is 11.8 Å². The predicted octanol–water partition coefficient (Wildman–Crippen LogP) is 1.50. The molecule has 2 saturated carbocycles.